The Morgan fingerprint density at radius 3 is 1.90 bits per heavy atom. The van der Waals surface area contributed by atoms with E-state index in [0.29, 0.717) is 15.7 Å². The lowest BCUT2D eigenvalue weighted by atomic mass is 10.1. The van der Waals surface area contributed by atoms with E-state index in [1.54, 1.807) is 45.0 Å². The van der Waals surface area contributed by atoms with Gasteiger partial charge in [0.25, 0.3) is 5.91 Å². The molecule has 0 spiro atoms. The molecule has 0 N–H and O–H groups in total. The van der Waals surface area contributed by atoms with Gasteiger partial charge in [0.05, 0.1) is 17.0 Å². The first kappa shape index (κ1) is 21.8. The molecule has 1 aliphatic rings. The monoisotopic (exact) mass is 454 g/mol. The highest BCUT2D eigenvalue weighted by Crippen LogP contribution is 2.34. The highest BCUT2D eigenvalue weighted by Gasteiger charge is 2.50. The highest BCUT2D eigenvalue weighted by atomic mass is 35.5. The van der Waals surface area contributed by atoms with Crippen LogP contribution >= 0.6 is 23.2 Å². The second kappa shape index (κ2) is 7.72. The van der Waals surface area contributed by atoms with Crippen LogP contribution in [0.2, 0.25) is 10.0 Å². The van der Waals surface area contributed by atoms with Crippen LogP contribution < -0.4 is 4.90 Å². The number of hydrogen-bond donors (Lipinski definition) is 0. The highest BCUT2D eigenvalue weighted by molar-refractivity contribution is 7.89. The van der Waals surface area contributed by atoms with Crippen molar-refractivity contribution in [1.29, 1.82) is 0 Å². The number of hydrogen-bond acceptors (Lipinski definition) is 4. The second-order valence-corrected chi connectivity index (χ2v) is 10.4. The summed E-state index contributed by atoms with van der Waals surface area (Å²) < 4.78 is 27.9. The molecule has 1 fully saturated rings. The molecule has 1 heterocycles. The van der Waals surface area contributed by atoms with Crippen molar-refractivity contribution >= 4 is 50.7 Å². The van der Waals surface area contributed by atoms with Gasteiger partial charge in [0.1, 0.15) is 6.04 Å². The maximum absolute atomic E-state index is 13.4. The van der Waals surface area contributed by atoms with Gasteiger partial charge in [-0.05, 0) is 69.3 Å². The van der Waals surface area contributed by atoms with Gasteiger partial charge >= 0.3 is 0 Å². The summed E-state index contributed by atoms with van der Waals surface area (Å²) in [6.45, 7) is 5.05. The molecular formula is C20H20Cl2N2O4S. The maximum atomic E-state index is 13.4. The Labute approximate surface area is 180 Å². The zero-order valence-corrected chi connectivity index (χ0v) is 18.4. The SMILES string of the molecule is CC(C)(C)N(C1CC(=O)N(c2ccc(Cl)cc2)C1=O)S(=O)(=O)c1ccc(Cl)cc1. The van der Waals surface area contributed by atoms with Crippen LogP contribution in [0.25, 0.3) is 0 Å². The van der Waals surface area contributed by atoms with Crippen LogP contribution in [0.5, 0.6) is 0 Å². The molecule has 0 saturated carbocycles. The molecule has 0 bridgehead atoms. The van der Waals surface area contributed by atoms with E-state index >= 15 is 0 Å². The predicted molar refractivity (Wildman–Crippen MR) is 113 cm³/mol. The summed E-state index contributed by atoms with van der Waals surface area (Å²) in [5.41, 5.74) is -0.598. The minimum atomic E-state index is -4.07. The van der Waals surface area contributed by atoms with Crippen molar-refractivity contribution in [2.24, 2.45) is 0 Å². The van der Waals surface area contributed by atoms with E-state index < -0.39 is 33.4 Å². The number of nitrogens with zero attached hydrogens (tertiary/aromatic N) is 2. The fraction of sp³-hybridized carbons (Fsp3) is 0.300. The Bertz CT molecular complexity index is 1050. The van der Waals surface area contributed by atoms with E-state index in [1.807, 2.05) is 0 Å². The number of imide groups is 1. The Morgan fingerprint density at radius 2 is 1.41 bits per heavy atom. The molecular weight excluding hydrogens is 435 g/mol. The molecule has 1 aliphatic heterocycles. The van der Waals surface area contributed by atoms with Gasteiger partial charge in [-0.15, -0.1) is 0 Å². The average Bonchev–Trinajstić information content (AvgIpc) is 2.89. The van der Waals surface area contributed by atoms with E-state index in [4.69, 9.17) is 23.2 Å². The zero-order valence-electron chi connectivity index (χ0n) is 16.1. The summed E-state index contributed by atoms with van der Waals surface area (Å²) in [6.07, 6.45) is -0.244. The van der Waals surface area contributed by atoms with Gasteiger partial charge in [-0.25, -0.2) is 13.3 Å². The summed E-state index contributed by atoms with van der Waals surface area (Å²) in [6, 6.07) is 10.8. The van der Waals surface area contributed by atoms with Crippen molar-refractivity contribution < 1.29 is 18.0 Å². The first-order valence-corrected chi connectivity index (χ1v) is 11.0. The number of amides is 2. The molecule has 0 radical (unpaired) electrons. The molecule has 154 valence electrons. The van der Waals surface area contributed by atoms with Gasteiger partial charge < -0.3 is 0 Å². The minimum Gasteiger partial charge on any atom is -0.274 e. The lowest BCUT2D eigenvalue weighted by molar-refractivity contribution is -0.122. The van der Waals surface area contributed by atoms with Crippen molar-refractivity contribution in [2.75, 3.05) is 4.90 Å². The zero-order chi connectivity index (χ0) is 21.6. The third-order valence-corrected chi connectivity index (χ3v) is 7.21. The largest absolute Gasteiger partial charge is 0.274 e. The van der Waals surface area contributed by atoms with Crippen LogP contribution in [-0.2, 0) is 19.6 Å². The van der Waals surface area contributed by atoms with Crippen LogP contribution in [0.15, 0.2) is 53.4 Å². The number of rotatable bonds is 4. The summed E-state index contributed by atoms with van der Waals surface area (Å²) in [4.78, 5) is 26.8. The van der Waals surface area contributed by atoms with E-state index in [1.165, 1.54) is 24.3 Å². The summed E-state index contributed by atoms with van der Waals surface area (Å²) >= 11 is 11.8. The number of halogens is 2. The topological polar surface area (TPSA) is 74.8 Å². The number of benzene rings is 2. The summed E-state index contributed by atoms with van der Waals surface area (Å²) in [7, 11) is -4.07. The quantitative estimate of drug-likeness (QED) is 0.651. The Morgan fingerprint density at radius 1 is 0.931 bits per heavy atom. The molecule has 2 amide bonds. The molecule has 29 heavy (non-hydrogen) atoms. The average molecular weight is 455 g/mol. The van der Waals surface area contributed by atoms with Crippen molar-refractivity contribution in [3.8, 4) is 0 Å². The van der Waals surface area contributed by atoms with Gasteiger partial charge in [-0.3, -0.25) is 9.59 Å². The van der Waals surface area contributed by atoms with E-state index in [9.17, 15) is 18.0 Å². The first-order chi connectivity index (χ1) is 13.4. The molecule has 2 aromatic rings. The summed E-state index contributed by atoms with van der Waals surface area (Å²) in [5, 5.41) is 0.860. The third kappa shape index (κ3) is 4.19. The molecule has 9 heteroatoms. The minimum absolute atomic E-state index is 0.00187. The Kier molecular flexibility index (Phi) is 5.80. The Balaban J connectivity index is 2.04. The fourth-order valence-corrected chi connectivity index (χ4v) is 5.56. The van der Waals surface area contributed by atoms with Crippen molar-refractivity contribution in [2.45, 2.75) is 43.7 Å². The molecule has 0 aromatic heterocycles. The van der Waals surface area contributed by atoms with Gasteiger partial charge in [0.15, 0.2) is 0 Å². The van der Waals surface area contributed by atoms with Gasteiger partial charge in [0.2, 0.25) is 15.9 Å². The summed E-state index contributed by atoms with van der Waals surface area (Å²) in [5.74, 6) is -1.06. The van der Waals surface area contributed by atoms with Crippen molar-refractivity contribution in [1.82, 2.24) is 4.31 Å². The van der Waals surface area contributed by atoms with E-state index in [0.717, 1.165) is 9.21 Å². The number of anilines is 1. The molecule has 3 rings (SSSR count). The number of carbonyl (C=O) groups is 2. The molecule has 2 aromatic carbocycles. The van der Waals surface area contributed by atoms with Crippen LogP contribution in [-0.4, -0.2) is 36.1 Å². The van der Waals surface area contributed by atoms with Crippen molar-refractivity contribution in [3.05, 3.63) is 58.6 Å². The third-order valence-electron chi connectivity index (χ3n) is 4.52. The smallest absolute Gasteiger partial charge is 0.252 e. The first-order valence-electron chi connectivity index (χ1n) is 8.85. The lowest BCUT2D eigenvalue weighted by Gasteiger charge is -2.37. The molecule has 1 atom stereocenters. The lowest BCUT2D eigenvalue weighted by Crippen LogP contribution is -2.54. The predicted octanol–water partition coefficient (Wildman–Crippen LogP) is 4.11. The molecule has 1 saturated heterocycles. The fourth-order valence-electron chi connectivity index (χ4n) is 3.38. The molecule has 1 unspecified atom stereocenters. The number of carbonyl (C=O) groups excluding carboxylic acids is 2. The molecule has 0 aliphatic carbocycles. The van der Waals surface area contributed by atoms with Crippen LogP contribution in [0.4, 0.5) is 5.69 Å². The second-order valence-electron chi connectivity index (χ2n) is 7.69. The van der Waals surface area contributed by atoms with Crippen LogP contribution in [0.1, 0.15) is 27.2 Å². The van der Waals surface area contributed by atoms with Crippen LogP contribution in [0, 0.1) is 0 Å². The maximum Gasteiger partial charge on any atom is 0.252 e. The number of sulfonamides is 1. The standard InChI is InChI=1S/C20H20Cl2N2O4S/c1-20(2,3)24(29(27,28)16-10-6-14(22)7-11-16)17-12-18(25)23(19(17)26)15-8-4-13(21)5-9-15/h4-11,17H,12H2,1-3H3. The Hall–Kier alpha value is -1.93. The van der Waals surface area contributed by atoms with E-state index in [2.05, 4.69) is 0 Å². The van der Waals surface area contributed by atoms with E-state index in [-0.39, 0.29) is 11.3 Å². The van der Waals surface area contributed by atoms with Gasteiger partial charge in [-0.1, -0.05) is 23.2 Å². The van der Waals surface area contributed by atoms with Gasteiger partial charge in [0, 0.05) is 15.6 Å². The normalized spacial score (nSPS) is 18.0. The van der Waals surface area contributed by atoms with Crippen LogP contribution in [0.3, 0.4) is 0 Å². The van der Waals surface area contributed by atoms with Gasteiger partial charge in [-0.2, -0.15) is 4.31 Å². The van der Waals surface area contributed by atoms with Crippen molar-refractivity contribution in [3.63, 3.8) is 0 Å². The molecule has 6 nitrogen and oxygen atoms in total.